The van der Waals surface area contributed by atoms with Crippen molar-refractivity contribution in [3.8, 4) is 5.75 Å². The number of hydrogen-bond donors (Lipinski definition) is 0. The maximum atomic E-state index is 11.8. The zero-order chi connectivity index (χ0) is 15.3. The van der Waals surface area contributed by atoms with Gasteiger partial charge in [0.1, 0.15) is 5.75 Å². The van der Waals surface area contributed by atoms with E-state index in [-0.39, 0.29) is 5.97 Å². The molecule has 0 aromatic heterocycles. The second-order valence-corrected chi connectivity index (χ2v) is 5.28. The number of carbonyl (C=O) groups excluding carboxylic acids is 1. The van der Waals surface area contributed by atoms with E-state index < -0.39 is 0 Å². The maximum absolute atomic E-state index is 11.8. The van der Waals surface area contributed by atoms with E-state index in [0.29, 0.717) is 12.2 Å². The molecule has 0 spiro atoms. The zero-order valence-electron chi connectivity index (χ0n) is 13.4. The van der Waals surface area contributed by atoms with Crippen LogP contribution in [0.3, 0.4) is 0 Å². The summed E-state index contributed by atoms with van der Waals surface area (Å²) in [7, 11) is 0. The van der Waals surface area contributed by atoms with Crippen LogP contribution in [0.4, 0.5) is 0 Å². The number of unbranched alkanes of at least 4 members (excludes halogenated alkanes) is 5. The van der Waals surface area contributed by atoms with Crippen molar-refractivity contribution in [3.05, 3.63) is 29.8 Å². The molecule has 0 aliphatic rings. The molecule has 0 N–H and O–H groups in total. The topological polar surface area (TPSA) is 35.5 Å². The number of benzene rings is 1. The van der Waals surface area contributed by atoms with Crippen molar-refractivity contribution in [2.75, 3.05) is 13.2 Å². The Bertz CT molecular complexity index is 384. The third-order valence-corrected chi connectivity index (χ3v) is 3.34. The maximum Gasteiger partial charge on any atom is 0.338 e. The second-order valence-electron chi connectivity index (χ2n) is 5.28. The van der Waals surface area contributed by atoms with Crippen molar-refractivity contribution < 1.29 is 14.3 Å². The Hall–Kier alpha value is -1.51. The summed E-state index contributed by atoms with van der Waals surface area (Å²) >= 11 is 0. The third-order valence-electron chi connectivity index (χ3n) is 3.34. The molecule has 0 bridgehead atoms. The minimum absolute atomic E-state index is 0.249. The van der Waals surface area contributed by atoms with Crippen molar-refractivity contribution in [2.45, 2.75) is 58.8 Å². The highest BCUT2D eigenvalue weighted by Gasteiger charge is 2.06. The van der Waals surface area contributed by atoms with Gasteiger partial charge in [0.05, 0.1) is 18.8 Å². The molecule has 1 aromatic rings. The van der Waals surface area contributed by atoms with E-state index in [2.05, 4.69) is 13.8 Å². The number of carbonyl (C=O) groups is 1. The van der Waals surface area contributed by atoms with Crippen LogP contribution in [-0.2, 0) is 4.74 Å². The summed E-state index contributed by atoms with van der Waals surface area (Å²) in [5, 5.41) is 0. The zero-order valence-corrected chi connectivity index (χ0v) is 13.4. The summed E-state index contributed by atoms with van der Waals surface area (Å²) in [6.07, 6.45) is 7.93. The molecule has 0 unspecified atom stereocenters. The molecule has 0 heterocycles. The predicted octanol–water partition coefficient (Wildman–Crippen LogP) is 4.99. The minimum atomic E-state index is -0.249. The van der Waals surface area contributed by atoms with E-state index in [1.54, 1.807) is 12.1 Å². The average Bonchev–Trinajstić information content (AvgIpc) is 2.52. The van der Waals surface area contributed by atoms with Gasteiger partial charge in [-0.2, -0.15) is 0 Å². The van der Waals surface area contributed by atoms with Gasteiger partial charge in [-0.1, -0.05) is 46.0 Å². The summed E-state index contributed by atoms with van der Waals surface area (Å²) in [6, 6.07) is 7.21. The quantitative estimate of drug-likeness (QED) is 0.425. The van der Waals surface area contributed by atoms with Crippen LogP contribution in [0.5, 0.6) is 5.75 Å². The van der Waals surface area contributed by atoms with Gasteiger partial charge in [0, 0.05) is 0 Å². The second kappa shape index (κ2) is 11.2. The Morgan fingerprint density at radius 2 is 1.48 bits per heavy atom. The molecule has 21 heavy (non-hydrogen) atoms. The van der Waals surface area contributed by atoms with Crippen LogP contribution in [0.25, 0.3) is 0 Å². The SMILES string of the molecule is CCCCCCOc1ccc(C(=O)OCCCCC)cc1. The van der Waals surface area contributed by atoms with Crippen molar-refractivity contribution in [1.82, 2.24) is 0 Å². The van der Waals surface area contributed by atoms with Gasteiger partial charge in [-0.25, -0.2) is 4.79 Å². The van der Waals surface area contributed by atoms with E-state index in [4.69, 9.17) is 9.47 Å². The van der Waals surface area contributed by atoms with Gasteiger partial charge < -0.3 is 9.47 Å². The van der Waals surface area contributed by atoms with Gasteiger partial charge in [-0.3, -0.25) is 0 Å². The van der Waals surface area contributed by atoms with Gasteiger partial charge in [-0.15, -0.1) is 0 Å². The molecular formula is C18H28O3. The van der Waals surface area contributed by atoms with Crippen molar-refractivity contribution >= 4 is 5.97 Å². The normalized spacial score (nSPS) is 10.4. The average molecular weight is 292 g/mol. The molecule has 1 aromatic carbocycles. The van der Waals surface area contributed by atoms with E-state index >= 15 is 0 Å². The molecule has 0 aliphatic carbocycles. The fraction of sp³-hybridized carbons (Fsp3) is 0.611. The lowest BCUT2D eigenvalue weighted by atomic mass is 10.2. The fourth-order valence-electron chi connectivity index (χ4n) is 2.01. The summed E-state index contributed by atoms with van der Waals surface area (Å²) in [5.74, 6) is 0.564. The Morgan fingerprint density at radius 1 is 0.857 bits per heavy atom. The molecule has 118 valence electrons. The molecule has 0 saturated carbocycles. The Kier molecular flexibility index (Phi) is 9.34. The van der Waals surface area contributed by atoms with Gasteiger partial charge in [-0.05, 0) is 37.1 Å². The molecule has 0 radical (unpaired) electrons. The molecular weight excluding hydrogens is 264 g/mol. The molecule has 0 fully saturated rings. The highest BCUT2D eigenvalue weighted by molar-refractivity contribution is 5.89. The molecule has 0 atom stereocenters. The number of rotatable bonds is 11. The van der Waals surface area contributed by atoms with E-state index in [1.165, 1.54) is 19.3 Å². The Labute approximate surface area is 128 Å². The van der Waals surface area contributed by atoms with Gasteiger partial charge in [0.25, 0.3) is 0 Å². The number of hydrogen-bond acceptors (Lipinski definition) is 3. The third kappa shape index (κ3) is 7.74. The molecule has 0 amide bonds. The Morgan fingerprint density at radius 3 is 2.14 bits per heavy atom. The van der Waals surface area contributed by atoms with Crippen LogP contribution in [0.15, 0.2) is 24.3 Å². The first kappa shape index (κ1) is 17.5. The first-order valence-electron chi connectivity index (χ1n) is 8.18. The van der Waals surface area contributed by atoms with E-state index in [0.717, 1.165) is 38.0 Å². The standard InChI is InChI=1S/C18H28O3/c1-3-5-7-9-14-20-17-12-10-16(11-13-17)18(19)21-15-8-6-4-2/h10-13H,3-9,14-15H2,1-2H3. The van der Waals surface area contributed by atoms with Gasteiger partial charge in [0.2, 0.25) is 0 Å². The lowest BCUT2D eigenvalue weighted by Gasteiger charge is -2.07. The van der Waals surface area contributed by atoms with Crippen LogP contribution in [0.2, 0.25) is 0 Å². The summed E-state index contributed by atoms with van der Waals surface area (Å²) in [4.78, 5) is 11.8. The number of ether oxygens (including phenoxy) is 2. The van der Waals surface area contributed by atoms with Crippen LogP contribution in [-0.4, -0.2) is 19.2 Å². The van der Waals surface area contributed by atoms with Crippen LogP contribution < -0.4 is 4.74 Å². The van der Waals surface area contributed by atoms with E-state index in [1.807, 2.05) is 12.1 Å². The van der Waals surface area contributed by atoms with Gasteiger partial charge >= 0.3 is 5.97 Å². The van der Waals surface area contributed by atoms with Crippen LogP contribution in [0, 0.1) is 0 Å². The molecule has 0 saturated heterocycles. The lowest BCUT2D eigenvalue weighted by Crippen LogP contribution is -2.06. The summed E-state index contributed by atoms with van der Waals surface area (Å²) in [5.41, 5.74) is 0.588. The van der Waals surface area contributed by atoms with Crippen LogP contribution in [0.1, 0.15) is 69.2 Å². The van der Waals surface area contributed by atoms with Crippen molar-refractivity contribution in [1.29, 1.82) is 0 Å². The molecule has 3 heteroatoms. The van der Waals surface area contributed by atoms with Crippen molar-refractivity contribution in [2.24, 2.45) is 0 Å². The van der Waals surface area contributed by atoms with Crippen molar-refractivity contribution in [3.63, 3.8) is 0 Å². The lowest BCUT2D eigenvalue weighted by molar-refractivity contribution is 0.0498. The summed E-state index contributed by atoms with van der Waals surface area (Å²) < 4.78 is 10.9. The predicted molar refractivity (Wildman–Crippen MR) is 85.9 cm³/mol. The minimum Gasteiger partial charge on any atom is -0.494 e. The van der Waals surface area contributed by atoms with Crippen LogP contribution >= 0.6 is 0 Å². The monoisotopic (exact) mass is 292 g/mol. The first-order valence-corrected chi connectivity index (χ1v) is 8.18. The number of esters is 1. The van der Waals surface area contributed by atoms with E-state index in [9.17, 15) is 4.79 Å². The molecule has 1 rings (SSSR count). The first-order chi connectivity index (χ1) is 10.3. The Balaban J connectivity index is 2.27. The highest BCUT2D eigenvalue weighted by atomic mass is 16.5. The summed E-state index contributed by atoms with van der Waals surface area (Å²) in [6.45, 7) is 5.56. The smallest absolute Gasteiger partial charge is 0.338 e. The largest absolute Gasteiger partial charge is 0.494 e. The fourth-order valence-corrected chi connectivity index (χ4v) is 2.01. The highest BCUT2D eigenvalue weighted by Crippen LogP contribution is 2.14. The van der Waals surface area contributed by atoms with Gasteiger partial charge in [0.15, 0.2) is 0 Å². The molecule has 3 nitrogen and oxygen atoms in total. The molecule has 0 aliphatic heterocycles.